The predicted molar refractivity (Wildman–Crippen MR) is 60.5 cm³/mol. The molecule has 0 bridgehead atoms. The Labute approximate surface area is 95.0 Å². The largest absolute Gasteiger partial charge is 0.490 e. The lowest BCUT2D eigenvalue weighted by Gasteiger charge is -2.37. The summed E-state index contributed by atoms with van der Waals surface area (Å²) >= 11 is 5.83. The minimum atomic E-state index is 0.545. The zero-order valence-corrected chi connectivity index (χ0v) is 9.79. The smallest absolute Gasteiger partial charge is 0.138 e. The first-order valence-corrected chi connectivity index (χ1v) is 5.50. The lowest BCUT2D eigenvalue weighted by atomic mass is 10.1. The number of rotatable bonds is 3. The monoisotopic (exact) mass is 226 g/mol. The molecule has 0 N–H and O–H groups in total. The highest BCUT2D eigenvalue weighted by Gasteiger charge is 2.24. The van der Waals surface area contributed by atoms with Crippen LogP contribution in [0.15, 0.2) is 12.3 Å². The van der Waals surface area contributed by atoms with E-state index in [1.807, 2.05) is 13.0 Å². The van der Waals surface area contributed by atoms with Gasteiger partial charge in [-0.05, 0) is 38.6 Å². The quantitative estimate of drug-likeness (QED) is 0.739. The summed E-state index contributed by atoms with van der Waals surface area (Å²) in [6.07, 6.45) is 2.89. The molecule has 1 fully saturated rings. The maximum Gasteiger partial charge on any atom is 0.138 e. The SMILES string of the molecule is Cc1cc(OC[C@H]2CCN2C)cnc1Cl. The molecule has 1 atom stereocenters. The van der Waals surface area contributed by atoms with Crippen molar-refractivity contribution in [3.8, 4) is 5.75 Å². The van der Waals surface area contributed by atoms with Gasteiger partial charge < -0.3 is 4.74 Å². The highest BCUT2D eigenvalue weighted by Crippen LogP contribution is 2.20. The van der Waals surface area contributed by atoms with Crippen LogP contribution in [0.1, 0.15) is 12.0 Å². The van der Waals surface area contributed by atoms with E-state index in [0.717, 1.165) is 17.9 Å². The molecule has 0 spiro atoms. The van der Waals surface area contributed by atoms with Crippen molar-refractivity contribution in [1.82, 2.24) is 9.88 Å². The van der Waals surface area contributed by atoms with Crippen LogP contribution in [0.5, 0.6) is 5.75 Å². The van der Waals surface area contributed by atoms with Crippen LogP contribution in [0, 0.1) is 6.92 Å². The standard InChI is InChI=1S/C11H15ClN2O/c1-8-5-10(6-13-11(8)12)15-7-9-3-4-14(9)2/h5-6,9H,3-4,7H2,1-2H3/t9-/m1/s1. The summed E-state index contributed by atoms with van der Waals surface area (Å²) in [7, 11) is 2.11. The van der Waals surface area contributed by atoms with Gasteiger partial charge in [-0.15, -0.1) is 0 Å². The van der Waals surface area contributed by atoms with Crippen molar-refractivity contribution in [3.05, 3.63) is 23.0 Å². The molecule has 1 aliphatic heterocycles. The fraction of sp³-hybridized carbons (Fsp3) is 0.545. The van der Waals surface area contributed by atoms with Gasteiger partial charge in [0.1, 0.15) is 17.5 Å². The van der Waals surface area contributed by atoms with E-state index in [-0.39, 0.29) is 0 Å². The van der Waals surface area contributed by atoms with E-state index in [0.29, 0.717) is 11.2 Å². The normalized spacial score (nSPS) is 21.1. The topological polar surface area (TPSA) is 25.4 Å². The third kappa shape index (κ3) is 2.41. The van der Waals surface area contributed by atoms with Crippen LogP contribution in [0.3, 0.4) is 0 Å². The van der Waals surface area contributed by atoms with Crippen molar-refractivity contribution in [2.24, 2.45) is 0 Å². The van der Waals surface area contributed by atoms with Gasteiger partial charge in [0.05, 0.1) is 6.20 Å². The van der Waals surface area contributed by atoms with E-state index in [1.54, 1.807) is 6.20 Å². The van der Waals surface area contributed by atoms with E-state index in [4.69, 9.17) is 16.3 Å². The Morgan fingerprint density at radius 1 is 1.67 bits per heavy atom. The minimum absolute atomic E-state index is 0.545. The first-order chi connectivity index (χ1) is 7.16. The van der Waals surface area contributed by atoms with Crippen LogP contribution in [0.4, 0.5) is 0 Å². The number of aromatic nitrogens is 1. The summed E-state index contributed by atoms with van der Waals surface area (Å²) in [5.41, 5.74) is 0.955. The zero-order valence-electron chi connectivity index (χ0n) is 9.03. The Balaban J connectivity index is 1.90. The number of halogens is 1. The lowest BCUT2D eigenvalue weighted by Crippen LogP contribution is -2.48. The number of hydrogen-bond acceptors (Lipinski definition) is 3. The van der Waals surface area contributed by atoms with Crippen LogP contribution < -0.4 is 4.74 Å². The number of ether oxygens (including phenoxy) is 1. The van der Waals surface area contributed by atoms with E-state index >= 15 is 0 Å². The lowest BCUT2D eigenvalue weighted by molar-refractivity contribution is 0.0767. The Hall–Kier alpha value is -0.800. The van der Waals surface area contributed by atoms with Crippen LogP contribution in [-0.2, 0) is 0 Å². The van der Waals surface area contributed by atoms with Gasteiger partial charge in [-0.3, -0.25) is 4.90 Å². The molecule has 0 radical (unpaired) electrons. The van der Waals surface area contributed by atoms with Crippen molar-refractivity contribution in [3.63, 3.8) is 0 Å². The molecule has 0 unspecified atom stereocenters. The number of likely N-dealkylation sites (N-methyl/N-ethyl adjacent to an activating group) is 1. The summed E-state index contributed by atoms with van der Waals surface area (Å²) in [5.74, 6) is 0.803. The van der Waals surface area contributed by atoms with Gasteiger partial charge in [0.25, 0.3) is 0 Å². The number of aryl methyl sites for hydroxylation is 1. The second kappa shape index (κ2) is 4.37. The van der Waals surface area contributed by atoms with Gasteiger partial charge >= 0.3 is 0 Å². The molecule has 2 rings (SSSR count). The highest BCUT2D eigenvalue weighted by molar-refractivity contribution is 6.30. The molecule has 0 aliphatic carbocycles. The van der Waals surface area contributed by atoms with E-state index < -0.39 is 0 Å². The van der Waals surface area contributed by atoms with Gasteiger partial charge in [0.2, 0.25) is 0 Å². The average molecular weight is 227 g/mol. The van der Waals surface area contributed by atoms with Crippen molar-refractivity contribution in [2.45, 2.75) is 19.4 Å². The molecule has 0 amide bonds. The second-order valence-corrected chi connectivity index (χ2v) is 4.37. The zero-order chi connectivity index (χ0) is 10.8. The number of nitrogens with zero attached hydrogens (tertiary/aromatic N) is 2. The molecule has 4 heteroatoms. The van der Waals surface area contributed by atoms with Gasteiger partial charge in [-0.2, -0.15) is 0 Å². The predicted octanol–water partition coefficient (Wildman–Crippen LogP) is 2.13. The van der Waals surface area contributed by atoms with E-state index in [9.17, 15) is 0 Å². The molecule has 0 saturated carbocycles. The summed E-state index contributed by atoms with van der Waals surface area (Å²) in [4.78, 5) is 6.33. The highest BCUT2D eigenvalue weighted by atomic mass is 35.5. The van der Waals surface area contributed by atoms with Crippen molar-refractivity contribution < 1.29 is 4.74 Å². The van der Waals surface area contributed by atoms with E-state index in [1.165, 1.54) is 13.0 Å². The van der Waals surface area contributed by atoms with Crippen LogP contribution >= 0.6 is 11.6 Å². The Morgan fingerprint density at radius 3 is 3.00 bits per heavy atom. The number of hydrogen-bond donors (Lipinski definition) is 0. The van der Waals surface area contributed by atoms with Gasteiger partial charge in [-0.1, -0.05) is 11.6 Å². The minimum Gasteiger partial charge on any atom is -0.490 e. The molecule has 3 nitrogen and oxygen atoms in total. The third-order valence-electron chi connectivity index (χ3n) is 2.87. The first kappa shape index (κ1) is 10.7. The van der Waals surface area contributed by atoms with Crippen LogP contribution in [0.25, 0.3) is 0 Å². The van der Waals surface area contributed by atoms with Crippen molar-refractivity contribution in [1.29, 1.82) is 0 Å². The van der Waals surface area contributed by atoms with Gasteiger partial charge in [0, 0.05) is 6.04 Å². The van der Waals surface area contributed by atoms with Crippen molar-refractivity contribution in [2.75, 3.05) is 20.2 Å². The molecular weight excluding hydrogens is 212 g/mol. The maximum absolute atomic E-state index is 5.83. The van der Waals surface area contributed by atoms with Crippen LogP contribution in [0.2, 0.25) is 5.15 Å². The maximum atomic E-state index is 5.83. The summed E-state index contributed by atoms with van der Waals surface area (Å²) in [6, 6.07) is 2.48. The molecule has 1 saturated heterocycles. The summed E-state index contributed by atoms with van der Waals surface area (Å²) < 4.78 is 5.65. The molecule has 1 aromatic heterocycles. The fourth-order valence-electron chi connectivity index (χ4n) is 1.58. The van der Waals surface area contributed by atoms with Gasteiger partial charge in [0.15, 0.2) is 0 Å². The second-order valence-electron chi connectivity index (χ2n) is 4.01. The first-order valence-electron chi connectivity index (χ1n) is 5.12. The number of pyridine rings is 1. The Kier molecular flexibility index (Phi) is 3.12. The van der Waals surface area contributed by atoms with Crippen molar-refractivity contribution >= 4 is 11.6 Å². The third-order valence-corrected chi connectivity index (χ3v) is 3.27. The van der Waals surface area contributed by atoms with Crippen LogP contribution in [-0.4, -0.2) is 36.1 Å². The molecule has 2 heterocycles. The summed E-state index contributed by atoms with van der Waals surface area (Å²) in [6.45, 7) is 3.84. The number of likely N-dealkylation sites (tertiary alicyclic amines) is 1. The Bertz CT molecular complexity index is 356. The fourth-order valence-corrected chi connectivity index (χ4v) is 1.69. The molecule has 0 aromatic carbocycles. The van der Waals surface area contributed by atoms with E-state index in [2.05, 4.69) is 16.9 Å². The Morgan fingerprint density at radius 2 is 2.47 bits per heavy atom. The molecule has 15 heavy (non-hydrogen) atoms. The molecular formula is C11H15ClN2O. The van der Waals surface area contributed by atoms with Gasteiger partial charge in [-0.25, -0.2) is 4.98 Å². The molecule has 1 aliphatic rings. The molecule has 1 aromatic rings. The summed E-state index contributed by atoms with van der Waals surface area (Å²) in [5, 5.41) is 0.545. The molecule has 82 valence electrons. The average Bonchev–Trinajstić information content (AvgIpc) is 2.21.